The van der Waals surface area contributed by atoms with Gasteiger partial charge in [0.1, 0.15) is 5.25 Å². The number of carbonyl (C=O) groups is 1. The number of rotatable bonds is 5. The average molecular weight is 422 g/mol. The predicted octanol–water partition coefficient (Wildman–Crippen LogP) is 4.55. The lowest BCUT2D eigenvalue weighted by Gasteiger charge is -2.33. The van der Waals surface area contributed by atoms with E-state index in [1.165, 1.54) is 17.3 Å². The Morgan fingerprint density at radius 1 is 1.13 bits per heavy atom. The van der Waals surface area contributed by atoms with Gasteiger partial charge in [0.2, 0.25) is 11.1 Å². The molecule has 0 aliphatic carbocycles. The number of thioether (sulfide) groups is 1. The van der Waals surface area contributed by atoms with Crippen molar-refractivity contribution in [1.82, 2.24) is 14.9 Å². The number of benzene rings is 2. The molecule has 1 aliphatic heterocycles. The number of fused-ring (bicyclic) bond motifs is 1. The molecule has 1 aromatic heterocycles. The second kappa shape index (κ2) is 8.52. The average Bonchev–Trinajstić information content (AvgIpc) is 3.13. The smallest absolute Gasteiger partial charge is 0.240 e. The van der Waals surface area contributed by atoms with Gasteiger partial charge in [0.15, 0.2) is 5.82 Å². The summed E-state index contributed by atoms with van der Waals surface area (Å²) in [7, 11) is 0. The van der Waals surface area contributed by atoms with Gasteiger partial charge in [-0.3, -0.25) is 4.79 Å². The lowest BCUT2D eigenvalue weighted by molar-refractivity contribution is -0.116. The lowest BCUT2D eigenvalue weighted by atomic mass is 10.0. The number of nitrogens with zero attached hydrogens (tertiary/aromatic N) is 3. The summed E-state index contributed by atoms with van der Waals surface area (Å²) < 4.78 is 1.94. The molecule has 0 saturated heterocycles. The zero-order valence-electron chi connectivity index (χ0n) is 17.8. The van der Waals surface area contributed by atoms with Crippen LogP contribution in [0.4, 0.5) is 5.69 Å². The Labute approximate surface area is 181 Å². The molecule has 1 aliphatic rings. The number of amides is 1. The first-order chi connectivity index (χ1) is 14.5. The van der Waals surface area contributed by atoms with E-state index in [0.717, 1.165) is 46.2 Å². The quantitative estimate of drug-likeness (QED) is 0.632. The standard InChI is InChI=1S/C23H27N5OS/c1-5-7-19-25-26-23-28(19)27-20(17-12-10-14(2)11-13-17)21(30-23)22(29)24-18-9-6-8-15(3)16(18)4/h6,8-13,20-21,27H,5,7H2,1-4H3,(H,24,29)/t20-,21+/m1/s1. The van der Waals surface area contributed by atoms with E-state index in [9.17, 15) is 4.79 Å². The van der Waals surface area contributed by atoms with Crippen LogP contribution in [0.1, 0.15) is 47.5 Å². The van der Waals surface area contributed by atoms with Crippen molar-refractivity contribution in [2.45, 2.75) is 57.0 Å². The van der Waals surface area contributed by atoms with E-state index in [4.69, 9.17) is 0 Å². The molecule has 2 aromatic carbocycles. The van der Waals surface area contributed by atoms with Crippen molar-refractivity contribution >= 4 is 23.4 Å². The zero-order valence-corrected chi connectivity index (χ0v) is 18.6. The second-order valence-corrected chi connectivity index (χ2v) is 8.89. The van der Waals surface area contributed by atoms with Crippen molar-refractivity contribution in [1.29, 1.82) is 0 Å². The molecule has 1 amide bonds. The molecule has 2 atom stereocenters. The zero-order chi connectivity index (χ0) is 21.3. The Bertz CT molecular complexity index is 1060. The molecule has 6 nitrogen and oxygen atoms in total. The van der Waals surface area contributed by atoms with Gasteiger partial charge in [-0.2, -0.15) is 0 Å². The molecule has 2 heterocycles. The summed E-state index contributed by atoms with van der Waals surface area (Å²) in [5.74, 6) is 0.851. The highest BCUT2D eigenvalue weighted by Crippen LogP contribution is 2.38. The van der Waals surface area contributed by atoms with Crippen LogP contribution in [0.2, 0.25) is 0 Å². The van der Waals surface area contributed by atoms with E-state index in [1.54, 1.807) is 0 Å². The first-order valence-corrected chi connectivity index (χ1v) is 11.2. The summed E-state index contributed by atoms with van der Waals surface area (Å²) >= 11 is 1.46. The Balaban J connectivity index is 1.68. The van der Waals surface area contributed by atoms with Gasteiger partial charge >= 0.3 is 0 Å². The van der Waals surface area contributed by atoms with Gasteiger partial charge in [-0.25, -0.2) is 4.68 Å². The van der Waals surface area contributed by atoms with Crippen molar-refractivity contribution in [3.63, 3.8) is 0 Å². The number of anilines is 1. The van der Waals surface area contributed by atoms with Gasteiger partial charge < -0.3 is 10.7 Å². The van der Waals surface area contributed by atoms with Crippen molar-refractivity contribution in [3.05, 3.63) is 70.5 Å². The minimum absolute atomic E-state index is 0.0435. The predicted molar refractivity (Wildman–Crippen MR) is 121 cm³/mol. The van der Waals surface area contributed by atoms with E-state index in [1.807, 2.05) is 23.7 Å². The van der Waals surface area contributed by atoms with Crippen LogP contribution in [-0.2, 0) is 11.2 Å². The van der Waals surface area contributed by atoms with Crippen LogP contribution in [0.3, 0.4) is 0 Å². The Kier molecular flexibility index (Phi) is 5.81. The van der Waals surface area contributed by atoms with Gasteiger partial charge in [-0.1, -0.05) is 60.6 Å². The second-order valence-electron chi connectivity index (χ2n) is 7.78. The number of carbonyl (C=O) groups excluding carboxylic acids is 1. The van der Waals surface area contributed by atoms with Gasteiger partial charge in [0.05, 0.1) is 6.04 Å². The normalized spacial score (nSPS) is 17.9. The molecule has 0 unspecified atom stereocenters. The van der Waals surface area contributed by atoms with Crippen LogP contribution in [0, 0.1) is 20.8 Å². The highest BCUT2D eigenvalue weighted by Gasteiger charge is 2.37. The lowest BCUT2D eigenvalue weighted by Crippen LogP contribution is -2.41. The van der Waals surface area contributed by atoms with E-state index in [0.29, 0.717) is 0 Å². The maximum absolute atomic E-state index is 13.4. The number of aryl methyl sites for hydroxylation is 3. The number of aromatic nitrogens is 3. The molecule has 7 heteroatoms. The first kappa shape index (κ1) is 20.5. The molecule has 3 aromatic rings. The highest BCUT2D eigenvalue weighted by atomic mass is 32.2. The molecule has 156 valence electrons. The van der Waals surface area contributed by atoms with Crippen LogP contribution >= 0.6 is 11.8 Å². The van der Waals surface area contributed by atoms with Crippen LogP contribution < -0.4 is 10.7 Å². The Morgan fingerprint density at radius 3 is 2.63 bits per heavy atom. The van der Waals surface area contributed by atoms with Crippen LogP contribution in [0.15, 0.2) is 47.6 Å². The molecule has 0 radical (unpaired) electrons. The van der Waals surface area contributed by atoms with Crippen LogP contribution in [0.5, 0.6) is 0 Å². The fourth-order valence-corrected chi connectivity index (χ4v) is 4.70. The molecule has 0 fully saturated rings. The minimum Gasteiger partial charge on any atom is -0.325 e. The molecular formula is C23H27N5OS. The topological polar surface area (TPSA) is 71.8 Å². The number of hydrogen-bond acceptors (Lipinski definition) is 5. The summed E-state index contributed by atoms with van der Waals surface area (Å²) in [6, 6.07) is 14.1. The molecule has 30 heavy (non-hydrogen) atoms. The maximum atomic E-state index is 13.4. The monoisotopic (exact) mass is 421 g/mol. The third kappa shape index (κ3) is 3.94. The van der Waals surface area contributed by atoms with Gasteiger partial charge in [-0.05, 0) is 49.9 Å². The van der Waals surface area contributed by atoms with Crippen molar-refractivity contribution in [2.75, 3.05) is 10.7 Å². The molecule has 4 rings (SSSR count). The highest BCUT2D eigenvalue weighted by molar-refractivity contribution is 8.00. The molecule has 0 spiro atoms. The summed E-state index contributed by atoms with van der Waals surface area (Å²) in [5, 5.41) is 12.1. The maximum Gasteiger partial charge on any atom is 0.240 e. The summed E-state index contributed by atoms with van der Waals surface area (Å²) in [5.41, 5.74) is 8.86. The van der Waals surface area contributed by atoms with Crippen LogP contribution in [-0.4, -0.2) is 26.0 Å². The van der Waals surface area contributed by atoms with Gasteiger partial charge in [0, 0.05) is 12.1 Å². The largest absolute Gasteiger partial charge is 0.325 e. The SMILES string of the molecule is CCCc1nnc2n1N[C@H](c1ccc(C)cc1)[C@@H](C(=O)Nc1cccc(C)c1C)S2. The minimum atomic E-state index is -0.376. The van der Waals surface area contributed by atoms with E-state index in [2.05, 4.69) is 72.0 Å². The molecule has 0 saturated carbocycles. The Hall–Kier alpha value is -2.80. The van der Waals surface area contributed by atoms with Crippen molar-refractivity contribution in [3.8, 4) is 0 Å². The van der Waals surface area contributed by atoms with Crippen molar-refractivity contribution < 1.29 is 4.79 Å². The van der Waals surface area contributed by atoms with E-state index in [-0.39, 0.29) is 17.2 Å². The third-order valence-corrected chi connectivity index (χ3v) is 6.75. The fourth-order valence-electron chi connectivity index (χ4n) is 3.60. The van der Waals surface area contributed by atoms with Gasteiger partial charge in [-0.15, -0.1) is 10.2 Å². The summed E-state index contributed by atoms with van der Waals surface area (Å²) in [6.07, 6.45) is 1.82. The molecule has 0 bridgehead atoms. The van der Waals surface area contributed by atoms with E-state index < -0.39 is 0 Å². The Morgan fingerprint density at radius 2 is 1.90 bits per heavy atom. The van der Waals surface area contributed by atoms with E-state index >= 15 is 0 Å². The van der Waals surface area contributed by atoms with Crippen LogP contribution in [0.25, 0.3) is 0 Å². The fraction of sp³-hybridized carbons (Fsp3) is 0.348. The molecular weight excluding hydrogens is 394 g/mol. The number of hydrogen-bond donors (Lipinski definition) is 2. The third-order valence-electron chi connectivity index (χ3n) is 5.53. The molecule has 2 N–H and O–H groups in total. The summed E-state index contributed by atoms with van der Waals surface area (Å²) in [4.78, 5) is 13.4. The van der Waals surface area contributed by atoms with Crippen molar-refractivity contribution in [2.24, 2.45) is 0 Å². The first-order valence-electron chi connectivity index (χ1n) is 10.3. The van der Waals surface area contributed by atoms with Gasteiger partial charge in [0.25, 0.3) is 0 Å². The summed E-state index contributed by atoms with van der Waals surface area (Å²) in [6.45, 7) is 8.27. The number of nitrogens with one attached hydrogen (secondary N) is 2.